The van der Waals surface area contributed by atoms with Crippen LogP contribution in [0.2, 0.25) is 0 Å². The standard InChI is InChI=1S/C16H22O5/c1-3-5-9-20-15(17)13-7-6-8-14(12-13)16(18)21-11-10-19-4-2/h6-8,12H,3-5,9-11H2,1-2H3. The molecule has 0 unspecified atom stereocenters. The maximum atomic E-state index is 11.8. The molecule has 0 N–H and O–H groups in total. The van der Waals surface area contributed by atoms with Crippen molar-refractivity contribution in [1.82, 2.24) is 0 Å². The molecule has 0 saturated carbocycles. The van der Waals surface area contributed by atoms with Gasteiger partial charge >= 0.3 is 11.9 Å². The van der Waals surface area contributed by atoms with Gasteiger partial charge in [0.1, 0.15) is 6.61 Å². The highest BCUT2D eigenvalue weighted by Crippen LogP contribution is 2.09. The highest BCUT2D eigenvalue weighted by Gasteiger charge is 2.12. The Morgan fingerprint density at radius 2 is 1.57 bits per heavy atom. The van der Waals surface area contributed by atoms with E-state index in [9.17, 15) is 9.59 Å². The van der Waals surface area contributed by atoms with Crippen LogP contribution in [0.4, 0.5) is 0 Å². The lowest BCUT2D eigenvalue weighted by Crippen LogP contribution is -2.12. The monoisotopic (exact) mass is 294 g/mol. The predicted molar refractivity (Wildman–Crippen MR) is 78.4 cm³/mol. The Hall–Kier alpha value is -1.88. The summed E-state index contributed by atoms with van der Waals surface area (Å²) in [6.45, 7) is 5.41. The maximum absolute atomic E-state index is 11.8. The van der Waals surface area contributed by atoms with E-state index in [1.807, 2.05) is 13.8 Å². The fraction of sp³-hybridized carbons (Fsp3) is 0.500. The summed E-state index contributed by atoms with van der Waals surface area (Å²) in [6, 6.07) is 6.34. The van der Waals surface area contributed by atoms with Gasteiger partial charge in [0.25, 0.3) is 0 Å². The summed E-state index contributed by atoms with van der Waals surface area (Å²) >= 11 is 0. The van der Waals surface area contributed by atoms with Gasteiger partial charge in [-0.2, -0.15) is 0 Å². The molecule has 0 saturated heterocycles. The molecule has 0 fully saturated rings. The van der Waals surface area contributed by atoms with Crippen LogP contribution in [0, 0.1) is 0 Å². The van der Waals surface area contributed by atoms with Gasteiger partial charge in [-0.15, -0.1) is 0 Å². The minimum Gasteiger partial charge on any atom is -0.462 e. The van der Waals surface area contributed by atoms with Gasteiger partial charge in [0.15, 0.2) is 0 Å². The Labute approximate surface area is 125 Å². The largest absolute Gasteiger partial charge is 0.462 e. The summed E-state index contributed by atoms with van der Waals surface area (Å²) in [5.74, 6) is -0.898. The van der Waals surface area contributed by atoms with E-state index in [0.717, 1.165) is 12.8 Å². The molecule has 1 aromatic rings. The van der Waals surface area contributed by atoms with Crippen LogP contribution in [-0.2, 0) is 14.2 Å². The Kier molecular flexibility index (Phi) is 8.12. The van der Waals surface area contributed by atoms with Crippen molar-refractivity contribution in [3.05, 3.63) is 35.4 Å². The molecule has 0 aromatic heterocycles. The fourth-order valence-electron chi connectivity index (χ4n) is 1.59. The normalized spacial score (nSPS) is 10.2. The van der Waals surface area contributed by atoms with Crippen LogP contribution in [-0.4, -0.2) is 38.4 Å². The van der Waals surface area contributed by atoms with E-state index >= 15 is 0 Å². The van der Waals surface area contributed by atoms with Crippen molar-refractivity contribution < 1.29 is 23.8 Å². The van der Waals surface area contributed by atoms with Gasteiger partial charge < -0.3 is 14.2 Å². The first-order valence-corrected chi connectivity index (χ1v) is 7.21. The van der Waals surface area contributed by atoms with Gasteiger partial charge in [-0.25, -0.2) is 9.59 Å². The molecule has 116 valence electrons. The van der Waals surface area contributed by atoms with Gasteiger partial charge in [0, 0.05) is 6.61 Å². The van der Waals surface area contributed by atoms with Crippen molar-refractivity contribution in [3.8, 4) is 0 Å². The summed E-state index contributed by atoms with van der Waals surface area (Å²) in [6.07, 6.45) is 1.78. The highest BCUT2D eigenvalue weighted by molar-refractivity contribution is 5.95. The highest BCUT2D eigenvalue weighted by atomic mass is 16.6. The quantitative estimate of drug-likeness (QED) is 0.517. The van der Waals surface area contributed by atoms with Gasteiger partial charge in [-0.1, -0.05) is 19.4 Å². The Bertz CT molecular complexity index is 456. The molecule has 0 radical (unpaired) electrons. The Morgan fingerprint density at radius 1 is 0.952 bits per heavy atom. The fourth-order valence-corrected chi connectivity index (χ4v) is 1.59. The smallest absolute Gasteiger partial charge is 0.338 e. The molecule has 0 aliphatic heterocycles. The van der Waals surface area contributed by atoms with Crippen LogP contribution in [0.15, 0.2) is 24.3 Å². The van der Waals surface area contributed by atoms with Crippen LogP contribution < -0.4 is 0 Å². The molecule has 5 nitrogen and oxygen atoms in total. The minimum atomic E-state index is -0.474. The molecule has 1 rings (SSSR count). The lowest BCUT2D eigenvalue weighted by Gasteiger charge is -2.07. The van der Waals surface area contributed by atoms with E-state index in [1.54, 1.807) is 18.2 Å². The zero-order chi connectivity index (χ0) is 15.5. The van der Waals surface area contributed by atoms with Gasteiger partial charge in [0.2, 0.25) is 0 Å². The molecule has 0 amide bonds. The molecule has 0 aliphatic rings. The zero-order valence-corrected chi connectivity index (χ0v) is 12.6. The zero-order valence-electron chi connectivity index (χ0n) is 12.6. The summed E-state index contributed by atoms with van der Waals surface area (Å²) in [4.78, 5) is 23.6. The van der Waals surface area contributed by atoms with E-state index in [0.29, 0.717) is 30.9 Å². The molecule has 0 aliphatic carbocycles. The third kappa shape index (κ3) is 6.40. The minimum absolute atomic E-state index is 0.192. The molecule has 0 atom stereocenters. The molecular formula is C16H22O5. The molecule has 0 bridgehead atoms. The van der Waals surface area contributed by atoms with Crippen molar-refractivity contribution in [2.75, 3.05) is 26.4 Å². The number of ether oxygens (including phenoxy) is 3. The van der Waals surface area contributed by atoms with Crippen LogP contribution in [0.5, 0.6) is 0 Å². The van der Waals surface area contributed by atoms with Crippen LogP contribution in [0.3, 0.4) is 0 Å². The number of unbranched alkanes of at least 4 members (excludes halogenated alkanes) is 1. The maximum Gasteiger partial charge on any atom is 0.338 e. The summed E-state index contributed by atoms with van der Waals surface area (Å²) < 4.78 is 15.2. The Morgan fingerprint density at radius 3 is 2.14 bits per heavy atom. The summed E-state index contributed by atoms with van der Waals surface area (Å²) in [5.41, 5.74) is 0.682. The molecule has 0 heterocycles. The Balaban J connectivity index is 2.54. The van der Waals surface area contributed by atoms with E-state index in [-0.39, 0.29) is 6.61 Å². The summed E-state index contributed by atoms with van der Waals surface area (Å²) in [5, 5.41) is 0. The average molecular weight is 294 g/mol. The number of hydrogen-bond donors (Lipinski definition) is 0. The van der Waals surface area contributed by atoms with Crippen molar-refractivity contribution in [2.45, 2.75) is 26.7 Å². The molecule has 5 heteroatoms. The van der Waals surface area contributed by atoms with Crippen molar-refractivity contribution in [1.29, 1.82) is 0 Å². The van der Waals surface area contributed by atoms with Gasteiger partial charge in [-0.05, 0) is 31.5 Å². The van der Waals surface area contributed by atoms with E-state index in [2.05, 4.69) is 0 Å². The van der Waals surface area contributed by atoms with E-state index in [4.69, 9.17) is 14.2 Å². The molecule has 1 aromatic carbocycles. The SMILES string of the molecule is CCCCOC(=O)c1cccc(C(=O)OCCOCC)c1. The first-order valence-electron chi connectivity index (χ1n) is 7.21. The number of carbonyl (C=O) groups is 2. The molecule has 0 spiro atoms. The van der Waals surface area contributed by atoms with Crippen molar-refractivity contribution >= 4 is 11.9 Å². The molecular weight excluding hydrogens is 272 g/mol. The number of rotatable bonds is 9. The number of esters is 2. The first-order chi connectivity index (χ1) is 10.2. The second-order valence-corrected chi connectivity index (χ2v) is 4.40. The number of carbonyl (C=O) groups excluding carboxylic acids is 2. The third-order valence-electron chi connectivity index (χ3n) is 2.73. The third-order valence-corrected chi connectivity index (χ3v) is 2.73. The summed E-state index contributed by atoms with van der Waals surface area (Å²) in [7, 11) is 0. The van der Waals surface area contributed by atoms with Crippen LogP contribution in [0.1, 0.15) is 47.4 Å². The van der Waals surface area contributed by atoms with E-state index in [1.165, 1.54) is 6.07 Å². The predicted octanol–water partition coefficient (Wildman–Crippen LogP) is 2.84. The van der Waals surface area contributed by atoms with Gasteiger partial charge in [0.05, 0.1) is 24.3 Å². The van der Waals surface area contributed by atoms with Crippen LogP contribution in [0.25, 0.3) is 0 Å². The second kappa shape index (κ2) is 9.94. The average Bonchev–Trinajstić information content (AvgIpc) is 2.51. The second-order valence-electron chi connectivity index (χ2n) is 4.40. The lowest BCUT2D eigenvalue weighted by atomic mass is 10.1. The van der Waals surface area contributed by atoms with Crippen molar-refractivity contribution in [2.24, 2.45) is 0 Å². The van der Waals surface area contributed by atoms with Crippen LogP contribution >= 0.6 is 0 Å². The van der Waals surface area contributed by atoms with E-state index < -0.39 is 11.9 Å². The van der Waals surface area contributed by atoms with Crippen molar-refractivity contribution in [3.63, 3.8) is 0 Å². The topological polar surface area (TPSA) is 61.8 Å². The molecule has 21 heavy (non-hydrogen) atoms. The first kappa shape index (κ1) is 17.2. The number of hydrogen-bond acceptors (Lipinski definition) is 5. The lowest BCUT2D eigenvalue weighted by molar-refractivity contribution is 0.0335. The number of benzene rings is 1. The van der Waals surface area contributed by atoms with Gasteiger partial charge in [-0.3, -0.25) is 0 Å².